The van der Waals surface area contributed by atoms with Crippen LogP contribution < -0.4 is 9.47 Å². The quantitative estimate of drug-likeness (QED) is 0.0311. The molecule has 90 heavy (non-hydrogen) atoms. The van der Waals surface area contributed by atoms with Crippen LogP contribution in [-0.2, 0) is 47.1 Å². The van der Waals surface area contributed by atoms with E-state index in [-0.39, 0.29) is 49.6 Å². The molecule has 0 unspecified atom stereocenters. The van der Waals surface area contributed by atoms with E-state index in [0.717, 1.165) is 82.2 Å². The molecule has 0 saturated heterocycles. The number of hydrogen-bond acceptors (Lipinski definition) is 11. The Labute approximate surface area is 557 Å². The number of phenols is 2. The van der Waals surface area contributed by atoms with E-state index in [0.29, 0.717) is 18.5 Å². The highest BCUT2D eigenvalue weighted by atomic mass is 79.9. The van der Waals surface area contributed by atoms with Crippen LogP contribution in [0.3, 0.4) is 0 Å². The lowest BCUT2D eigenvalue weighted by Crippen LogP contribution is -2.15. The Hall–Kier alpha value is -6.06. The first-order chi connectivity index (χ1) is 42.1. The van der Waals surface area contributed by atoms with E-state index in [1.54, 1.807) is 47.8 Å². The largest absolute Gasteiger partial charge is 0.508 e. The summed E-state index contributed by atoms with van der Waals surface area (Å²) in [4.78, 5) is 23.8. The van der Waals surface area contributed by atoms with E-state index in [1.165, 1.54) is 57.2 Å². The number of hydrogen-bond donors (Lipinski definition) is 2. The maximum atomic E-state index is 9.56. The van der Waals surface area contributed by atoms with Gasteiger partial charge in [0, 0.05) is 36.0 Å². The van der Waals surface area contributed by atoms with Crippen LogP contribution in [0.25, 0.3) is 22.3 Å². The van der Waals surface area contributed by atoms with Crippen molar-refractivity contribution in [3.05, 3.63) is 201 Å². The van der Waals surface area contributed by atoms with Crippen molar-refractivity contribution in [1.29, 1.82) is 0 Å². The van der Waals surface area contributed by atoms with Crippen molar-refractivity contribution >= 4 is 39.5 Å². The highest BCUT2D eigenvalue weighted by molar-refractivity contribution is 9.08. The molecule has 8 aromatic rings. The van der Waals surface area contributed by atoms with E-state index in [1.807, 2.05) is 60.7 Å². The summed E-state index contributed by atoms with van der Waals surface area (Å²) in [5.74, 6) is 5.41. The highest BCUT2D eigenvalue weighted by Crippen LogP contribution is 2.41. The van der Waals surface area contributed by atoms with Gasteiger partial charge in [-0.15, -0.1) is 0 Å². The van der Waals surface area contributed by atoms with Gasteiger partial charge >= 0.3 is 0 Å². The minimum absolute atomic E-state index is 0. The molecule has 0 aliphatic carbocycles. The third kappa shape index (κ3) is 24.9. The number of aromatic hydroxyl groups is 2. The SMILES string of the molecule is C.CC(C)C.CC(C)C.COOCCOOCCOCc1cc(-c2cc(C)c(C(C)(C)C)c(C)c2)cc(C)c1Oc1ccc(Sc2ccc(O)cc2)cc1.Cc1cc(-c2cc(C)c(C(C)(C)C)c(C)c2)cc(CBr)c1Oc1ccc(Sc2ccc(O)cc2)cc1. The topological polar surface area (TPSA) is 105 Å². The summed E-state index contributed by atoms with van der Waals surface area (Å²) in [5.41, 5.74) is 17.2. The Balaban J connectivity index is 0.000000346. The van der Waals surface area contributed by atoms with Crippen molar-refractivity contribution < 1.29 is 44.0 Å². The molecule has 0 atom stereocenters. The van der Waals surface area contributed by atoms with Crippen LogP contribution in [0.5, 0.6) is 34.5 Å². The number of phenolic OH excluding ortho intramolecular Hbond substituents is 2. The summed E-state index contributed by atoms with van der Waals surface area (Å²) in [7, 11) is 1.44. The predicted molar refractivity (Wildman–Crippen MR) is 382 cm³/mol. The van der Waals surface area contributed by atoms with Gasteiger partial charge in [-0.1, -0.05) is 154 Å². The van der Waals surface area contributed by atoms with Gasteiger partial charge in [0.1, 0.15) is 54.3 Å². The van der Waals surface area contributed by atoms with Crippen LogP contribution in [0.4, 0.5) is 0 Å². The molecular formula is C78H101BrO9S2. The van der Waals surface area contributed by atoms with Crippen molar-refractivity contribution in [3.63, 3.8) is 0 Å². The predicted octanol–water partition coefficient (Wildman–Crippen LogP) is 23.3. The summed E-state index contributed by atoms with van der Waals surface area (Å²) in [6, 6.07) is 48.5. The van der Waals surface area contributed by atoms with Gasteiger partial charge in [-0.25, -0.2) is 19.6 Å². The Bertz CT molecular complexity index is 3400. The average Bonchev–Trinajstić information content (AvgIpc) is 0.807. The summed E-state index contributed by atoms with van der Waals surface area (Å²) in [6.07, 6.45) is 0. The Morgan fingerprint density at radius 3 is 1.03 bits per heavy atom. The molecule has 0 amide bonds. The molecule has 0 spiro atoms. The molecule has 8 rings (SSSR count). The molecule has 0 aliphatic rings. The second-order valence-electron chi connectivity index (χ2n) is 25.7. The summed E-state index contributed by atoms with van der Waals surface area (Å²) < 4.78 is 18.9. The van der Waals surface area contributed by atoms with Crippen molar-refractivity contribution in [2.45, 2.75) is 174 Å². The van der Waals surface area contributed by atoms with Crippen molar-refractivity contribution in [3.8, 4) is 56.8 Å². The lowest BCUT2D eigenvalue weighted by atomic mass is 9.80. The molecule has 0 aliphatic heterocycles. The second kappa shape index (κ2) is 36.8. The first-order valence-corrected chi connectivity index (χ1v) is 33.4. The number of ether oxygens (including phenoxy) is 3. The third-order valence-electron chi connectivity index (χ3n) is 13.3. The van der Waals surface area contributed by atoms with Gasteiger partial charge in [0.05, 0.1) is 20.3 Å². The summed E-state index contributed by atoms with van der Waals surface area (Å²) in [5, 5.41) is 19.8. The van der Waals surface area contributed by atoms with Crippen LogP contribution in [0, 0.1) is 53.4 Å². The maximum absolute atomic E-state index is 9.56. The maximum Gasteiger partial charge on any atom is 0.135 e. The van der Waals surface area contributed by atoms with Gasteiger partial charge in [0.15, 0.2) is 0 Å². The molecule has 0 radical (unpaired) electrons. The zero-order valence-electron chi connectivity index (χ0n) is 56.2. The fraction of sp³-hybridized carbons (Fsp3) is 0.385. The third-order valence-corrected chi connectivity index (χ3v) is 16.0. The van der Waals surface area contributed by atoms with Crippen LogP contribution in [0.1, 0.15) is 146 Å². The molecule has 0 fully saturated rings. The van der Waals surface area contributed by atoms with Gasteiger partial charge in [-0.3, -0.25) is 0 Å². The molecule has 0 aromatic heterocycles. The minimum atomic E-state index is 0. The van der Waals surface area contributed by atoms with E-state index < -0.39 is 0 Å². The molecule has 8 aromatic carbocycles. The Morgan fingerprint density at radius 1 is 0.411 bits per heavy atom. The van der Waals surface area contributed by atoms with E-state index in [9.17, 15) is 10.2 Å². The minimum Gasteiger partial charge on any atom is -0.508 e. The monoisotopic (exact) mass is 1320 g/mol. The summed E-state index contributed by atoms with van der Waals surface area (Å²) >= 11 is 6.96. The van der Waals surface area contributed by atoms with Gasteiger partial charge in [-0.2, -0.15) is 0 Å². The lowest BCUT2D eigenvalue weighted by Gasteiger charge is -2.25. The van der Waals surface area contributed by atoms with Gasteiger partial charge < -0.3 is 24.4 Å². The Kier molecular flexibility index (Phi) is 31.3. The molecular weight excluding hydrogens is 1220 g/mol. The van der Waals surface area contributed by atoms with E-state index in [4.69, 9.17) is 28.9 Å². The van der Waals surface area contributed by atoms with Crippen LogP contribution in [-0.4, -0.2) is 43.8 Å². The van der Waals surface area contributed by atoms with E-state index >= 15 is 0 Å². The van der Waals surface area contributed by atoms with Crippen molar-refractivity contribution in [2.75, 3.05) is 33.5 Å². The molecule has 486 valence electrons. The highest BCUT2D eigenvalue weighted by Gasteiger charge is 2.23. The second-order valence-corrected chi connectivity index (χ2v) is 28.5. The fourth-order valence-corrected chi connectivity index (χ4v) is 12.4. The first-order valence-electron chi connectivity index (χ1n) is 30.6. The van der Waals surface area contributed by atoms with Crippen molar-refractivity contribution in [1.82, 2.24) is 0 Å². The number of rotatable bonds is 21. The average molecular weight is 1330 g/mol. The standard InChI is InChI=1S/C37H44O7S.C32H33BrO2S.2C4H10.CH4/c1-25-20-28(21-26(2)35(25)37(4,5)6)29-22-27(3)36(30(23-29)24-40-16-17-42-43-19-18-41-39-7)44-32-10-14-34(15-11-32)45-33-12-8-31(38)9-13-33;1-20-15-23(16-21(2)30(20)32(4,5)6)24-17-22(3)31(25(18-24)19-33)35-27-9-13-29(14-10-27)36-28-11-7-26(34)8-12-28;2*1-4(2)3;/h8-15,20-23,38H,16-19,24H2,1-7H3;7-18,34H,19H2,1-6H3;2*4H,1-3H3;1H4. The molecule has 0 saturated carbocycles. The number of alkyl halides is 1. The van der Waals surface area contributed by atoms with Crippen molar-refractivity contribution in [2.24, 2.45) is 11.8 Å². The first kappa shape index (κ1) is 76.4. The molecule has 12 heteroatoms. The molecule has 9 nitrogen and oxygen atoms in total. The van der Waals surface area contributed by atoms with Gasteiger partial charge in [0.25, 0.3) is 0 Å². The number of aryl methyl sites for hydroxylation is 6. The number of halogens is 1. The number of benzene rings is 8. The molecule has 0 bridgehead atoms. The van der Waals surface area contributed by atoms with Crippen LogP contribution in [0.15, 0.2) is 165 Å². The van der Waals surface area contributed by atoms with Crippen LogP contribution in [0.2, 0.25) is 0 Å². The van der Waals surface area contributed by atoms with Gasteiger partial charge in [-0.05, 0) is 252 Å². The normalized spacial score (nSPS) is 11.2. The fourth-order valence-electron chi connectivity index (χ4n) is 10.4. The lowest BCUT2D eigenvalue weighted by molar-refractivity contribution is -0.334. The van der Waals surface area contributed by atoms with Gasteiger partial charge in [0.2, 0.25) is 0 Å². The smallest absolute Gasteiger partial charge is 0.135 e. The molecule has 0 heterocycles. The molecule has 2 N–H and O–H groups in total. The summed E-state index contributed by atoms with van der Waals surface area (Å²) in [6.45, 7) is 41.1. The Morgan fingerprint density at radius 2 is 0.700 bits per heavy atom. The van der Waals surface area contributed by atoms with E-state index in [2.05, 4.69) is 206 Å². The zero-order valence-corrected chi connectivity index (χ0v) is 59.4. The van der Waals surface area contributed by atoms with Crippen LogP contribution >= 0.6 is 39.5 Å². The zero-order chi connectivity index (χ0) is 65.6.